The zero-order valence-corrected chi connectivity index (χ0v) is 13.5. The van der Waals surface area contributed by atoms with Gasteiger partial charge in [0.2, 0.25) is 11.8 Å². The third-order valence-corrected chi connectivity index (χ3v) is 4.47. The number of piperazine rings is 1. The van der Waals surface area contributed by atoms with Crippen molar-refractivity contribution in [3.8, 4) is 0 Å². The predicted octanol–water partition coefficient (Wildman–Crippen LogP) is 2.40. The van der Waals surface area contributed by atoms with Crippen molar-refractivity contribution in [2.45, 2.75) is 58.7 Å². The molecular weight excluding hydrogens is 264 g/mol. The molecule has 1 unspecified atom stereocenters. The van der Waals surface area contributed by atoms with E-state index in [2.05, 4.69) is 11.4 Å². The van der Waals surface area contributed by atoms with Crippen LogP contribution in [0.25, 0.3) is 0 Å². The smallest absolute Gasteiger partial charge is 0.249 e. The third kappa shape index (κ3) is 2.67. The SMILES string of the molecule is CCC1(C)NC(=O)C(C)(C)N(Cc2cccc(C)c2)C1=O. The molecule has 1 heterocycles. The maximum absolute atomic E-state index is 12.8. The molecular formula is C17H24N2O2. The summed E-state index contributed by atoms with van der Waals surface area (Å²) >= 11 is 0. The van der Waals surface area contributed by atoms with Crippen LogP contribution in [0.5, 0.6) is 0 Å². The first kappa shape index (κ1) is 15.5. The van der Waals surface area contributed by atoms with E-state index in [1.54, 1.807) is 25.7 Å². The molecule has 4 nitrogen and oxygen atoms in total. The van der Waals surface area contributed by atoms with Crippen LogP contribution in [-0.2, 0) is 16.1 Å². The van der Waals surface area contributed by atoms with E-state index in [4.69, 9.17) is 0 Å². The van der Waals surface area contributed by atoms with Gasteiger partial charge in [-0.2, -0.15) is 0 Å². The summed E-state index contributed by atoms with van der Waals surface area (Å²) in [5, 5.41) is 2.88. The van der Waals surface area contributed by atoms with Crippen molar-refractivity contribution in [1.29, 1.82) is 0 Å². The second-order valence-corrected chi connectivity index (χ2v) is 6.58. The van der Waals surface area contributed by atoms with Gasteiger partial charge in [-0.15, -0.1) is 0 Å². The van der Waals surface area contributed by atoms with Crippen molar-refractivity contribution < 1.29 is 9.59 Å². The highest BCUT2D eigenvalue weighted by atomic mass is 16.2. The largest absolute Gasteiger partial charge is 0.340 e. The summed E-state index contributed by atoms with van der Waals surface area (Å²) in [5.41, 5.74) is 0.549. The fraction of sp³-hybridized carbons (Fsp3) is 0.529. The Morgan fingerprint density at radius 1 is 1.19 bits per heavy atom. The first-order valence-corrected chi connectivity index (χ1v) is 7.41. The topological polar surface area (TPSA) is 49.4 Å². The zero-order valence-electron chi connectivity index (χ0n) is 13.5. The number of rotatable bonds is 3. The van der Waals surface area contributed by atoms with Crippen LogP contribution < -0.4 is 5.32 Å². The Morgan fingerprint density at radius 2 is 1.86 bits per heavy atom. The molecule has 0 saturated carbocycles. The van der Waals surface area contributed by atoms with Gasteiger partial charge in [-0.3, -0.25) is 9.59 Å². The Bertz CT molecular complexity index is 580. The molecule has 114 valence electrons. The highest BCUT2D eigenvalue weighted by Crippen LogP contribution is 2.29. The summed E-state index contributed by atoms with van der Waals surface area (Å²) in [4.78, 5) is 26.9. The third-order valence-electron chi connectivity index (χ3n) is 4.47. The first-order valence-electron chi connectivity index (χ1n) is 7.41. The van der Waals surface area contributed by atoms with E-state index in [1.807, 2.05) is 32.0 Å². The van der Waals surface area contributed by atoms with E-state index in [9.17, 15) is 9.59 Å². The number of hydrogen-bond donors (Lipinski definition) is 1. The lowest BCUT2D eigenvalue weighted by Crippen LogP contribution is -2.72. The van der Waals surface area contributed by atoms with Crippen LogP contribution >= 0.6 is 0 Å². The molecule has 0 spiro atoms. The van der Waals surface area contributed by atoms with Crippen molar-refractivity contribution in [1.82, 2.24) is 10.2 Å². The molecule has 0 aromatic heterocycles. The lowest BCUT2D eigenvalue weighted by Gasteiger charge is -2.48. The van der Waals surface area contributed by atoms with Gasteiger partial charge in [-0.25, -0.2) is 0 Å². The van der Waals surface area contributed by atoms with Crippen LogP contribution in [0.2, 0.25) is 0 Å². The highest BCUT2D eigenvalue weighted by molar-refractivity contribution is 6.01. The van der Waals surface area contributed by atoms with Crippen molar-refractivity contribution in [2.24, 2.45) is 0 Å². The summed E-state index contributed by atoms with van der Waals surface area (Å²) in [5.74, 6) is -0.116. The number of amides is 2. The summed E-state index contributed by atoms with van der Waals surface area (Å²) in [7, 11) is 0. The molecule has 1 N–H and O–H groups in total. The van der Waals surface area contributed by atoms with E-state index < -0.39 is 11.1 Å². The minimum Gasteiger partial charge on any atom is -0.340 e. The van der Waals surface area contributed by atoms with Gasteiger partial charge in [0.25, 0.3) is 0 Å². The summed E-state index contributed by atoms with van der Waals surface area (Å²) in [6.07, 6.45) is 0.581. The number of hydrogen-bond acceptors (Lipinski definition) is 2. The van der Waals surface area contributed by atoms with Crippen molar-refractivity contribution >= 4 is 11.8 Å². The molecule has 1 fully saturated rings. The second kappa shape index (κ2) is 5.17. The highest BCUT2D eigenvalue weighted by Gasteiger charge is 2.51. The maximum Gasteiger partial charge on any atom is 0.249 e. The Labute approximate surface area is 126 Å². The van der Waals surface area contributed by atoms with Crippen LogP contribution in [0.3, 0.4) is 0 Å². The quantitative estimate of drug-likeness (QED) is 0.928. The van der Waals surface area contributed by atoms with Gasteiger partial charge in [0.1, 0.15) is 11.1 Å². The number of carbonyl (C=O) groups excluding carboxylic acids is 2. The maximum atomic E-state index is 12.8. The molecule has 1 aromatic carbocycles. The average molecular weight is 288 g/mol. The van der Waals surface area contributed by atoms with Gasteiger partial charge in [0.05, 0.1) is 0 Å². The van der Waals surface area contributed by atoms with Crippen LogP contribution in [-0.4, -0.2) is 27.8 Å². The summed E-state index contributed by atoms with van der Waals surface area (Å²) in [6, 6.07) is 8.05. The van der Waals surface area contributed by atoms with Crippen molar-refractivity contribution in [3.63, 3.8) is 0 Å². The van der Waals surface area contributed by atoms with Crippen molar-refractivity contribution in [3.05, 3.63) is 35.4 Å². The van der Waals surface area contributed by atoms with Crippen LogP contribution in [0.1, 0.15) is 45.2 Å². The number of benzene rings is 1. The van der Waals surface area contributed by atoms with Crippen LogP contribution in [0.4, 0.5) is 0 Å². The molecule has 0 aliphatic carbocycles. The van der Waals surface area contributed by atoms with E-state index in [-0.39, 0.29) is 11.8 Å². The Hall–Kier alpha value is -1.84. The van der Waals surface area contributed by atoms with E-state index >= 15 is 0 Å². The van der Waals surface area contributed by atoms with E-state index in [0.717, 1.165) is 11.1 Å². The molecule has 1 atom stereocenters. The first-order chi connectivity index (χ1) is 9.70. The standard InChI is InChI=1S/C17H24N2O2/c1-6-17(5)15(21)19(16(3,4)14(20)18-17)11-13-9-7-8-12(2)10-13/h7-10H,6,11H2,1-5H3,(H,18,20). The van der Waals surface area contributed by atoms with Crippen LogP contribution in [0, 0.1) is 6.92 Å². The fourth-order valence-corrected chi connectivity index (χ4v) is 2.63. The van der Waals surface area contributed by atoms with Gasteiger partial charge in [-0.05, 0) is 39.7 Å². The number of nitrogens with one attached hydrogen (secondary N) is 1. The van der Waals surface area contributed by atoms with Crippen LogP contribution in [0.15, 0.2) is 24.3 Å². The fourth-order valence-electron chi connectivity index (χ4n) is 2.63. The Balaban J connectivity index is 2.37. The van der Waals surface area contributed by atoms with Gasteiger partial charge >= 0.3 is 0 Å². The average Bonchev–Trinajstić information content (AvgIpc) is 2.42. The lowest BCUT2D eigenvalue weighted by molar-refractivity contribution is -0.161. The molecule has 2 rings (SSSR count). The van der Waals surface area contributed by atoms with Gasteiger partial charge < -0.3 is 10.2 Å². The molecule has 0 bridgehead atoms. The Morgan fingerprint density at radius 3 is 2.43 bits per heavy atom. The van der Waals surface area contributed by atoms with E-state index in [0.29, 0.717) is 13.0 Å². The molecule has 1 aromatic rings. The van der Waals surface area contributed by atoms with Gasteiger partial charge in [0, 0.05) is 6.54 Å². The molecule has 2 amide bonds. The van der Waals surface area contributed by atoms with Gasteiger partial charge in [0.15, 0.2) is 0 Å². The van der Waals surface area contributed by atoms with E-state index in [1.165, 1.54) is 0 Å². The van der Waals surface area contributed by atoms with Crippen molar-refractivity contribution in [2.75, 3.05) is 0 Å². The van der Waals surface area contributed by atoms with Gasteiger partial charge in [-0.1, -0.05) is 36.8 Å². The monoisotopic (exact) mass is 288 g/mol. The number of nitrogens with zero attached hydrogens (tertiary/aromatic N) is 1. The second-order valence-electron chi connectivity index (χ2n) is 6.58. The zero-order chi connectivity index (χ0) is 15.8. The molecule has 21 heavy (non-hydrogen) atoms. The molecule has 4 heteroatoms. The molecule has 0 radical (unpaired) electrons. The number of aryl methyl sites for hydroxylation is 1. The number of carbonyl (C=O) groups is 2. The Kier molecular flexibility index (Phi) is 3.83. The lowest BCUT2D eigenvalue weighted by atomic mass is 9.86. The molecule has 1 aliphatic rings. The molecule has 1 saturated heterocycles. The predicted molar refractivity (Wildman–Crippen MR) is 82.6 cm³/mol. The minimum absolute atomic E-state index is 0.0175. The summed E-state index contributed by atoms with van der Waals surface area (Å²) in [6.45, 7) is 9.79. The minimum atomic E-state index is -0.838. The summed E-state index contributed by atoms with van der Waals surface area (Å²) < 4.78 is 0. The normalized spacial score (nSPS) is 24.9. The molecule has 1 aliphatic heterocycles.